The van der Waals surface area contributed by atoms with Crippen molar-refractivity contribution >= 4 is 16.9 Å². The lowest BCUT2D eigenvalue weighted by molar-refractivity contribution is 0.0985. The molecular formula is C19H24N6O2. The quantitative estimate of drug-likeness (QED) is 0.762. The summed E-state index contributed by atoms with van der Waals surface area (Å²) in [5.41, 5.74) is 4.99. The van der Waals surface area contributed by atoms with E-state index in [2.05, 4.69) is 28.1 Å². The normalized spacial score (nSPS) is 23.4. The molecule has 8 nitrogen and oxygen atoms in total. The maximum absolute atomic E-state index is 5.69. The molecule has 0 bridgehead atoms. The Morgan fingerprint density at radius 3 is 2.85 bits per heavy atom. The highest BCUT2D eigenvalue weighted by molar-refractivity contribution is 5.92. The van der Waals surface area contributed by atoms with E-state index < -0.39 is 0 Å². The smallest absolute Gasteiger partial charge is 0.136 e. The molecule has 1 N–H and O–H groups in total. The number of hydrogen-bond acceptors (Lipinski definition) is 6. The Morgan fingerprint density at radius 1 is 1.22 bits per heavy atom. The summed E-state index contributed by atoms with van der Waals surface area (Å²) in [6, 6.07) is 4.47. The van der Waals surface area contributed by atoms with Crippen LogP contribution in [0.5, 0.6) is 0 Å². The number of aromatic amines is 1. The van der Waals surface area contributed by atoms with Crippen LogP contribution in [-0.2, 0) is 16.5 Å². The summed E-state index contributed by atoms with van der Waals surface area (Å²) in [6.07, 6.45) is 2.78. The Hall–Kier alpha value is -2.45. The van der Waals surface area contributed by atoms with Crippen molar-refractivity contribution in [3.63, 3.8) is 0 Å². The minimum absolute atomic E-state index is 0.295. The fraction of sp³-hybridized carbons (Fsp3) is 0.526. The summed E-state index contributed by atoms with van der Waals surface area (Å²) in [6.45, 7) is 6.04. The average molecular weight is 368 g/mol. The average Bonchev–Trinajstić information content (AvgIpc) is 3.43. The number of fused-ring (bicyclic) bond motifs is 1. The van der Waals surface area contributed by atoms with Gasteiger partial charge in [0.25, 0.3) is 0 Å². The molecule has 2 saturated heterocycles. The van der Waals surface area contributed by atoms with E-state index in [0.29, 0.717) is 12.0 Å². The minimum atomic E-state index is 0.295. The largest absolute Gasteiger partial charge is 0.381 e. The molecule has 5 rings (SSSR count). The van der Waals surface area contributed by atoms with E-state index in [1.54, 1.807) is 6.20 Å². The summed E-state index contributed by atoms with van der Waals surface area (Å²) < 4.78 is 13.2. The second-order valence-corrected chi connectivity index (χ2v) is 7.39. The van der Waals surface area contributed by atoms with Crippen molar-refractivity contribution in [1.82, 2.24) is 25.0 Å². The van der Waals surface area contributed by atoms with Gasteiger partial charge < -0.3 is 14.4 Å². The van der Waals surface area contributed by atoms with Gasteiger partial charge in [-0.1, -0.05) is 0 Å². The van der Waals surface area contributed by atoms with Gasteiger partial charge in [0.15, 0.2) is 0 Å². The summed E-state index contributed by atoms with van der Waals surface area (Å²) in [5.74, 6) is 1.37. The molecule has 3 aromatic heterocycles. The molecule has 0 amide bonds. The fourth-order valence-electron chi connectivity index (χ4n) is 4.17. The van der Waals surface area contributed by atoms with Gasteiger partial charge in [0.05, 0.1) is 37.1 Å². The number of morpholine rings is 1. The Morgan fingerprint density at radius 2 is 2.11 bits per heavy atom. The molecule has 2 aliphatic rings. The molecule has 2 atom stereocenters. The molecule has 0 radical (unpaired) electrons. The number of hydrogen-bond donors (Lipinski definition) is 1. The van der Waals surface area contributed by atoms with Gasteiger partial charge in [-0.25, -0.2) is 4.98 Å². The molecule has 142 valence electrons. The van der Waals surface area contributed by atoms with E-state index in [0.717, 1.165) is 67.6 Å². The van der Waals surface area contributed by atoms with E-state index in [4.69, 9.17) is 19.6 Å². The molecule has 5 heterocycles. The van der Waals surface area contributed by atoms with Crippen LogP contribution in [0.25, 0.3) is 22.4 Å². The first kappa shape index (κ1) is 16.7. The number of ether oxygens (including phenoxy) is 2. The van der Waals surface area contributed by atoms with E-state index in [9.17, 15) is 0 Å². The third-order valence-corrected chi connectivity index (χ3v) is 5.59. The number of anilines is 1. The van der Waals surface area contributed by atoms with Crippen LogP contribution in [0, 0.1) is 0 Å². The number of aryl methyl sites for hydroxylation is 1. The highest BCUT2D eigenvalue weighted by Gasteiger charge is 2.28. The van der Waals surface area contributed by atoms with Gasteiger partial charge in [-0.2, -0.15) is 10.2 Å². The monoisotopic (exact) mass is 368 g/mol. The fourth-order valence-corrected chi connectivity index (χ4v) is 4.17. The van der Waals surface area contributed by atoms with Crippen molar-refractivity contribution < 1.29 is 9.47 Å². The summed E-state index contributed by atoms with van der Waals surface area (Å²) >= 11 is 0. The number of pyridine rings is 1. The zero-order valence-electron chi connectivity index (χ0n) is 15.7. The molecule has 0 aliphatic carbocycles. The van der Waals surface area contributed by atoms with E-state index >= 15 is 0 Å². The predicted octanol–water partition coefficient (Wildman–Crippen LogP) is 2.09. The Balaban J connectivity index is 1.73. The second kappa shape index (κ2) is 6.61. The van der Waals surface area contributed by atoms with Gasteiger partial charge in [-0.15, -0.1) is 0 Å². The van der Waals surface area contributed by atoms with Gasteiger partial charge in [-0.3, -0.25) is 9.78 Å². The predicted molar refractivity (Wildman–Crippen MR) is 102 cm³/mol. The van der Waals surface area contributed by atoms with Crippen LogP contribution in [-0.4, -0.2) is 64.0 Å². The molecule has 0 saturated carbocycles. The molecule has 1 unspecified atom stereocenters. The van der Waals surface area contributed by atoms with Gasteiger partial charge in [0, 0.05) is 32.3 Å². The summed E-state index contributed by atoms with van der Waals surface area (Å²) in [4.78, 5) is 7.40. The van der Waals surface area contributed by atoms with E-state index in [1.807, 2.05) is 17.8 Å². The van der Waals surface area contributed by atoms with Crippen LogP contribution in [0.3, 0.4) is 0 Å². The van der Waals surface area contributed by atoms with Crippen molar-refractivity contribution in [2.75, 3.05) is 37.9 Å². The van der Waals surface area contributed by atoms with Crippen LogP contribution in [0.1, 0.15) is 24.8 Å². The highest BCUT2D eigenvalue weighted by Crippen LogP contribution is 2.37. The SMILES string of the molecule is C[C@@H]1COCCN1c1cc(C2CCOC2)c2c(n1)c(-c1ccn[nH]1)nn2C. The number of nitrogens with zero attached hydrogens (tertiary/aromatic N) is 5. The zero-order valence-corrected chi connectivity index (χ0v) is 15.7. The van der Waals surface area contributed by atoms with Crippen molar-refractivity contribution in [2.45, 2.75) is 25.3 Å². The molecule has 0 aromatic carbocycles. The van der Waals surface area contributed by atoms with Crippen LogP contribution >= 0.6 is 0 Å². The summed E-state index contributed by atoms with van der Waals surface area (Å²) in [5, 5.41) is 11.9. The first-order valence-corrected chi connectivity index (χ1v) is 9.52. The highest BCUT2D eigenvalue weighted by atomic mass is 16.5. The minimum Gasteiger partial charge on any atom is -0.381 e. The van der Waals surface area contributed by atoms with Crippen LogP contribution < -0.4 is 4.90 Å². The lowest BCUT2D eigenvalue weighted by Gasteiger charge is -2.34. The molecule has 2 fully saturated rings. The van der Waals surface area contributed by atoms with Crippen molar-refractivity contribution in [1.29, 1.82) is 0 Å². The third kappa shape index (κ3) is 2.80. The van der Waals surface area contributed by atoms with E-state index in [1.165, 1.54) is 5.56 Å². The van der Waals surface area contributed by atoms with Crippen LogP contribution in [0.15, 0.2) is 18.3 Å². The maximum Gasteiger partial charge on any atom is 0.136 e. The van der Waals surface area contributed by atoms with Gasteiger partial charge in [0.1, 0.15) is 17.0 Å². The van der Waals surface area contributed by atoms with Crippen LogP contribution in [0.2, 0.25) is 0 Å². The Bertz CT molecular complexity index is 945. The Labute approximate surface area is 157 Å². The first-order chi connectivity index (χ1) is 13.2. The first-order valence-electron chi connectivity index (χ1n) is 9.52. The van der Waals surface area contributed by atoms with Gasteiger partial charge >= 0.3 is 0 Å². The zero-order chi connectivity index (χ0) is 18.4. The second-order valence-electron chi connectivity index (χ2n) is 7.39. The topological polar surface area (TPSA) is 81.1 Å². The molecule has 3 aromatic rings. The molecular weight excluding hydrogens is 344 g/mol. The third-order valence-electron chi connectivity index (χ3n) is 5.59. The van der Waals surface area contributed by atoms with E-state index in [-0.39, 0.29) is 0 Å². The number of nitrogens with one attached hydrogen (secondary N) is 1. The number of aromatic nitrogens is 5. The lowest BCUT2D eigenvalue weighted by atomic mass is 9.97. The van der Waals surface area contributed by atoms with Crippen LogP contribution in [0.4, 0.5) is 5.82 Å². The van der Waals surface area contributed by atoms with Crippen molar-refractivity contribution in [3.05, 3.63) is 23.9 Å². The standard InChI is InChI=1S/C19H24N6O2/c1-12-10-27-8-6-25(12)16-9-14(13-4-7-26-11-13)19-18(21-16)17(23-24(19)2)15-3-5-20-22-15/h3,5,9,12-13H,4,6-8,10-11H2,1-2H3,(H,20,22)/t12-,13?/m1/s1. The van der Waals surface area contributed by atoms with Crippen molar-refractivity contribution in [2.24, 2.45) is 7.05 Å². The van der Waals surface area contributed by atoms with Crippen molar-refractivity contribution in [3.8, 4) is 11.4 Å². The van der Waals surface area contributed by atoms with Gasteiger partial charge in [-0.05, 0) is 31.0 Å². The molecule has 8 heteroatoms. The molecule has 27 heavy (non-hydrogen) atoms. The number of H-pyrrole nitrogens is 1. The molecule has 2 aliphatic heterocycles. The number of rotatable bonds is 3. The maximum atomic E-state index is 5.69. The lowest BCUT2D eigenvalue weighted by Crippen LogP contribution is -2.44. The Kier molecular flexibility index (Phi) is 4.09. The summed E-state index contributed by atoms with van der Waals surface area (Å²) in [7, 11) is 1.99. The van der Waals surface area contributed by atoms with Gasteiger partial charge in [0.2, 0.25) is 0 Å². The molecule has 0 spiro atoms.